The molecule has 0 aliphatic carbocycles. The van der Waals surface area contributed by atoms with Crippen LogP contribution in [0.15, 0.2) is 28.1 Å². The Bertz CT molecular complexity index is 285. The van der Waals surface area contributed by atoms with Gasteiger partial charge in [-0.1, -0.05) is 5.57 Å². The third kappa shape index (κ3) is 4.27. The monoisotopic (exact) mass is 281 g/mol. The molecule has 0 aromatic carbocycles. The van der Waals surface area contributed by atoms with Gasteiger partial charge in [0.25, 0.3) is 0 Å². The van der Waals surface area contributed by atoms with Gasteiger partial charge in [-0.2, -0.15) is 0 Å². The van der Waals surface area contributed by atoms with E-state index in [-0.39, 0.29) is 18.4 Å². The van der Waals surface area contributed by atoms with E-state index in [0.717, 1.165) is 16.5 Å². The summed E-state index contributed by atoms with van der Waals surface area (Å²) in [5.41, 5.74) is 7.07. The van der Waals surface area contributed by atoms with Crippen LogP contribution in [0.4, 0.5) is 0 Å². The van der Waals surface area contributed by atoms with Crippen molar-refractivity contribution in [3.8, 4) is 0 Å². The zero-order valence-corrected chi connectivity index (χ0v) is 10.6. The van der Waals surface area contributed by atoms with E-state index in [0.29, 0.717) is 0 Å². The van der Waals surface area contributed by atoms with Crippen molar-refractivity contribution in [3.05, 3.63) is 32.9 Å². The van der Waals surface area contributed by atoms with Crippen molar-refractivity contribution in [1.29, 1.82) is 0 Å². The van der Waals surface area contributed by atoms with Crippen molar-refractivity contribution in [2.45, 2.75) is 19.4 Å². The molecule has 1 heterocycles. The predicted molar refractivity (Wildman–Crippen MR) is 65.6 cm³/mol. The van der Waals surface area contributed by atoms with Gasteiger partial charge in [0.1, 0.15) is 0 Å². The van der Waals surface area contributed by atoms with Crippen LogP contribution in [0.25, 0.3) is 0 Å². The predicted octanol–water partition coefficient (Wildman–Crippen LogP) is 3.90. The maximum Gasteiger partial charge on any atom is 0.0427 e. The van der Waals surface area contributed by atoms with E-state index in [1.54, 1.807) is 11.3 Å². The summed E-state index contributed by atoms with van der Waals surface area (Å²) in [5.74, 6) is 0. The highest BCUT2D eigenvalue weighted by atomic mass is 79.9. The second-order valence-electron chi connectivity index (χ2n) is 2.94. The van der Waals surface area contributed by atoms with E-state index in [9.17, 15) is 0 Å². The van der Waals surface area contributed by atoms with Gasteiger partial charge in [-0.05, 0) is 35.3 Å². The summed E-state index contributed by atoms with van der Waals surface area (Å²) in [7, 11) is 0. The highest BCUT2D eigenvalue weighted by molar-refractivity contribution is 9.10. The Morgan fingerprint density at radius 3 is 2.77 bits per heavy atom. The normalized spacial score (nSPS) is 11.9. The van der Waals surface area contributed by atoms with Crippen molar-refractivity contribution >= 4 is 39.7 Å². The maximum atomic E-state index is 5.94. The summed E-state index contributed by atoms with van der Waals surface area (Å²) < 4.78 is 1.11. The van der Waals surface area contributed by atoms with Gasteiger partial charge in [-0.3, -0.25) is 0 Å². The molecule has 74 valence electrons. The van der Waals surface area contributed by atoms with Gasteiger partial charge in [0.2, 0.25) is 0 Å². The zero-order valence-electron chi connectivity index (χ0n) is 7.42. The summed E-state index contributed by atoms with van der Waals surface area (Å²) in [5, 5.41) is 2.05. The Labute approximate surface area is 97.6 Å². The highest BCUT2D eigenvalue weighted by Crippen LogP contribution is 2.27. The summed E-state index contributed by atoms with van der Waals surface area (Å²) in [6.07, 6.45) is 0.868. The lowest BCUT2D eigenvalue weighted by Gasteiger charge is -2.07. The minimum absolute atomic E-state index is 0. The largest absolute Gasteiger partial charge is 0.323 e. The molecule has 1 atom stereocenters. The van der Waals surface area contributed by atoms with Gasteiger partial charge in [0.15, 0.2) is 0 Å². The standard InChI is InChI=1S/C9H12BrNS.ClH/c1-6(2)3-8(11)9-4-7(10)5-12-9;/h4-5,8H,1,3,11H2,2H3;1H/t8-;/m0./s1. The lowest BCUT2D eigenvalue weighted by atomic mass is 10.1. The molecule has 0 saturated heterocycles. The van der Waals surface area contributed by atoms with Crippen LogP contribution in [0.3, 0.4) is 0 Å². The lowest BCUT2D eigenvalue weighted by molar-refractivity contribution is 0.731. The van der Waals surface area contributed by atoms with Crippen molar-refractivity contribution in [2.75, 3.05) is 0 Å². The molecule has 0 radical (unpaired) electrons. The van der Waals surface area contributed by atoms with E-state index in [4.69, 9.17) is 5.73 Å². The first-order valence-corrected chi connectivity index (χ1v) is 5.40. The van der Waals surface area contributed by atoms with E-state index in [2.05, 4.69) is 28.6 Å². The van der Waals surface area contributed by atoms with Crippen LogP contribution >= 0.6 is 39.7 Å². The number of rotatable bonds is 3. The molecule has 0 aliphatic heterocycles. The summed E-state index contributed by atoms with van der Waals surface area (Å²) in [4.78, 5) is 1.21. The Hall–Kier alpha value is 0.170. The molecular weight excluding hydrogens is 270 g/mol. The van der Waals surface area contributed by atoms with Crippen molar-refractivity contribution in [2.24, 2.45) is 5.73 Å². The molecule has 1 aromatic heterocycles. The zero-order chi connectivity index (χ0) is 9.14. The van der Waals surface area contributed by atoms with Crippen LogP contribution in [-0.2, 0) is 0 Å². The molecule has 0 aliphatic rings. The van der Waals surface area contributed by atoms with Gasteiger partial charge >= 0.3 is 0 Å². The molecule has 1 rings (SSSR count). The van der Waals surface area contributed by atoms with Crippen LogP contribution in [0, 0.1) is 0 Å². The second-order valence-corrected chi connectivity index (χ2v) is 4.79. The van der Waals surface area contributed by atoms with Crippen molar-refractivity contribution < 1.29 is 0 Å². The van der Waals surface area contributed by atoms with Crippen LogP contribution in [0.5, 0.6) is 0 Å². The first kappa shape index (κ1) is 13.2. The molecule has 13 heavy (non-hydrogen) atoms. The number of hydrogen-bond acceptors (Lipinski definition) is 2. The number of halogens is 2. The molecule has 4 heteroatoms. The fourth-order valence-electron chi connectivity index (χ4n) is 0.999. The number of nitrogens with two attached hydrogens (primary N) is 1. The van der Waals surface area contributed by atoms with Crippen LogP contribution in [-0.4, -0.2) is 0 Å². The van der Waals surface area contributed by atoms with Gasteiger partial charge in [-0.15, -0.1) is 30.3 Å². The van der Waals surface area contributed by atoms with E-state index < -0.39 is 0 Å². The minimum Gasteiger partial charge on any atom is -0.323 e. The lowest BCUT2D eigenvalue weighted by Crippen LogP contribution is -2.08. The minimum atomic E-state index is 0. The molecule has 1 nitrogen and oxygen atoms in total. The first-order chi connectivity index (χ1) is 5.59. The van der Waals surface area contributed by atoms with Gasteiger partial charge in [-0.25, -0.2) is 0 Å². The van der Waals surface area contributed by atoms with Crippen molar-refractivity contribution in [1.82, 2.24) is 0 Å². The maximum absolute atomic E-state index is 5.94. The van der Waals surface area contributed by atoms with Crippen molar-refractivity contribution in [3.63, 3.8) is 0 Å². The van der Waals surface area contributed by atoms with Gasteiger partial charge in [0, 0.05) is 20.8 Å². The van der Waals surface area contributed by atoms with Gasteiger partial charge in [0.05, 0.1) is 0 Å². The van der Waals surface area contributed by atoms with Crippen LogP contribution in [0.1, 0.15) is 24.3 Å². The SMILES string of the molecule is C=C(C)C[C@H](N)c1cc(Br)cs1.Cl. The average Bonchev–Trinajstić information content (AvgIpc) is 2.34. The molecule has 0 saturated carbocycles. The molecule has 0 bridgehead atoms. The van der Waals surface area contributed by atoms with Crippen LogP contribution < -0.4 is 5.73 Å². The summed E-state index contributed by atoms with van der Waals surface area (Å²) >= 11 is 5.09. The average molecular weight is 283 g/mol. The number of thiophene rings is 1. The third-order valence-corrected chi connectivity index (χ3v) is 3.35. The molecule has 0 unspecified atom stereocenters. The smallest absolute Gasteiger partial charge is 0.0427 e. The van der Waals surface area contributed by atoms with Gasteiger partial charge < -0.3 is 5.73 Å². The fraction of sp³-hybridized carbons (Fsp3) is 0.333. The summed E-state index contributed by atoms with van der Waals surface area (Å²) in [6, 6.07) is 2.18. The highest BCUT2D eigenvalue weighted by Gasteiger charge is 2.07. The molecule has 0 fully saturated rings. The second kappa shape index (κ2) is 5.81. The Morgan fingerprint density at radius 1 is 1.77 bits per heavy atom. The topological polar surface area (TPSA) is 26.0 Å². The van der Waals surface area contributed by atoms with E-state index in [1.165, 1.54) is 4.88 Å². The Morgan fingerprint density at radius 2 is 2.38 bits per heavy atom. The Balaban J connectivity index is 0.00000144. The number of hydrogen-bond donors (Lipinski definition) is 1. The quantitative estimate of drug-likeness (QED) is 0.836. The Kier molecular flexibility index (Phi) is 5.88. The third-order valence-electron chi connectivity index (χ3n) is 1.52. The molecule has 0 spiro atoms. The van der Waals surface area contributed by atoms with E-state index >= 15 is 0 Å². The molecule has 1 aromatic rings. The molecule has 2 N–H and O–H groups in total. The van der Waals surface area contributed by atoms with E-state index in [1.807, 2.05) is 12.3 Å². The first-order valence-electron chi connectivity index (χ1n) is 3.73. The fourth-order valence-corrected chi connectivity index (χ4v) is 2.45. The van der Waals surface area contributed by atoms with Crippen LogP contribution in [0.2, 0.25) is 0 Å². The summed E-state index contributed by atoms with van der Waals surface area (Å²) in [6.45, 7) is 5.84. The molecular formula is C9H13BrClNS. The molecule has 0 amide bonds.